The first-order valence-corrected chi connectivity index (χ1v) is 5.21. The normalized spacial score (nSPS) is 10.4. The average Bonchev–Trinajstić information content (AvgIpc) is 2.66. The van der Waals surface area contributed by atoms with Crippen molar-refractivity contribution in [1.29, 1.82) is 0 Å². The molecule has 1 heterocycles. The van der Waals surface area contributed by atoms with Gasteiger partial charge in [-0.15, -0.1) is 10.2 Å². The van der Waals surface area contributed by atoms with E-state index in [-0.39, 0.29) is 6.61 Å². The Kier molecular flexibility index (Phi) is 3.10. The third kappa shape index (κ3) is 2.52. The summed E-state index contributed by atoms with van der Waals surface area (Å²) in [4.78, 5) is 0. The fraction of sp³-hybridized carbons (Fsp3) is 0.273. The molecule has 16 heavy (non-hydrogen) atoms. The molecule has 0 unspecified atom stereocenters. The molecule has 0 spiro atoms. The Morgan fingerprint density at radius 1 is 1.31 bits per heavy atom. The van der Waals surface area contributed by atoms with Crippen LogP contribution < -0.4 is 4.74 Å². The van der Waals surface area contributed by atoms with E-state index in [2.05, 4.69) is 10.2 Å². The van der Waals surface area contributed by atoms with Crippen LogP contribution in [0.15, 0.2) is 22.6 Å². The summed E-state index contributed by atoms with van der Waals surface area (Å²) in [6.45, 7) is 3.94. The second kappa shape index (κ2) is 4.53. The minimum Gasteiger partial charge on any atom is -0.483 e. The van der Waals surface area contributed by atoms with Crippen molar-refractivity contribution in [3.05, 3.63) is 40.6 Å². The molecule has 1 aromatic carbocycles. The minimum atomic E-state index is 0.252. The first kappa shape index (κ1) is 11.0. The van der Waals surface area contributed by atoms with Crippen LogP contribution in [0.5, 0.6) is 5.75 Å². The van der Waals surface area contributed by atoms with E-state index < -0.39 is 0 Å². The fourth-order valence-electron chi connectivity index (χ4n) is 1.26. The van der Waals surface area contributed by atoms with Crippen LogP contribution in [-0.4, -0.2) is 10.2 Å². The van der Waals surface area contributed by atoms with Crippen LogP contribution in [-0.2, 0) is 6.61 Å². The first-order chi connectivity index (χ1) is 7.65. The summed E-state index contributed by atoms with van der Waals surface area (Å²) in [5.41, 5.74) is 1.01. The molecule has 0 fully saturated rings. The third-order valence-corrected chi connectivity index (χ3v) is 2.30. The lowest BCUT2D eigenvalue weighted by Crippen LogP contribution is -1.97. The number of aromatic nitrogens is 2. The maximum absolute atomic E-state index is 5.87. The van der Waals surface area contributed by atoms with Gasteiger partial charge in [0.25, 0.3) is 5.89 Å². The van der Waals surface area contributed by atoms with Crippen molar-refractivity contribution < 1.29 is 9.15 Å². The highest BCUT2D eigenvalue weighted by Gasteiger charge is 2.05. The van der Waals surface area contributed by atoms with E-state index in [0.29, 0.717) is 16.8 Å². The van der Waals surface area contributed by atoms with Gasteiger partial charge in [0.05, 0.1) is 0 Å². The number of hydrogen-bond donors (Lipinski definition) is 0. The quantitative estimate of drug-likeness (QED) is 0.825. The van der Waals surface area contributed by atoms with Gasteiger partial charge in [-0.2, -0.15) is 0 Å². The molecule has 0 atom stereocenters. The molecule has 84 valence electrons. The molecular formula is C11H11ClN2O2. The molecule has 1 aromatic heterocycles. The number of hydrogen-bond acceptors (Lipinski definition) is 4. The lowest BCUT2D eigenvalue weighted by Gasteiger charge is -2.06. The fourth-order valence-corrected chi connectivity index (χ4v) is 1.43. The maximum Gasteiger partial charge on any atom is 0.253 e. The summed E-state index contributed by atoms with van der Waals surface area (Å²) in [6, 6.07) is 5.48. The zero-order chi connectivity index (χ0) is 11.5. The molecule has 2 rings (SSSR count). The highest BCUT2D eigenvalue weighted by Crippen LogP contribution is 2.23. The van der Waals surface area contributed by atoms with Gasteiger partial charge in [0.1, 0.15) is 5.75 Å². The standard InChI is InChI=1S/C11H11ClN2O2/c1-7-3-4-9(12)5-10(7)15-6-11-14-13-8(2)16-11/h3-5H,6H2,1-2H3. The molecule has 5 heteroatoms. The number of nitrogens with zero attached hydrogens (tertiary/aromatic N) is 2. The molecule has 0 aliphatic heterocycles. The zero-order valence-electron chi connectivity index (χ0n) is 9.03. The van der Waals surface area contributed by atoms with Crippen LogP contribution in [0.25, 0.3) is 0 Å². The van der Waals surface area contributed by atoms with Crippen LogP contribution in [0.2, 0.25) is 5.02 Å². The molecule has 0 aliphatic rings. The predicted octanol–water partition coefficient (Wildman–Crippen LogP) is 2.92. The second-order valence-corrected chi connectivity index (χ2v) is 3.85. The Hall–Kier alpha value is -1.55. The van der Waals surface area contributed by atoms with Crippen molar-refractivity contribution >= 4 is 11.6 Å². The van der Waals surface area contributed by atoms with Crippen molar-refractivity contribution in [1.82, 2.24) is 10.2 Å². The minimum absolute atomic E-state index is 0.252. The van der Waals surface area contributed by atoms with Crippen molar-refractivity contribution in [2.24, 2.45) is 0 Å². The van der Waals surface area contributed by atoms with Gasteiger partial charge in [0.15, 0.2) is 6.61 Å². The largest absolute Gasteiger partial charge is 0.483 e. The summed E-state index contributed by atoms with van der Waals surface area (Å²) in [5.74, 6) is 1.71. The van der Waals surface area contributed by atoms with Gasteiger partial charge in [-0.05, 0) is 24.6 Å². The summed E-state index contributed by atoms with van der Waals surface area (Å²) < 4.78 is 10.7. The molecule has 0 radical (unpaired) electrons. The Labute approximate surface area is 98.2 Å². The third-order valence-electron chi connectivity index (χ3n) is 2.07. The summed E-state index contributed by atoms with van der Waals surface area (Å²) in [7, 11) is 0. The lowest BCUT2D eigenvalue weighted by molar-refractivity contribution is 0.259. The Morgan fingerprint density at radius 2 is 2.12 bits per heavy atom. The Morgan fingerprint density at radius 3 is 2.81 bits per heavy atom. The predicted molar refractivity (Wildman–Crippen MR) is 59.6 cm³/mol. The van der Waals surface area contributed by atoms with Crippen molar-refractivity contribution in [3.8, 4) is 5.75 Å². The first-order valence-electron chi connectivity index (χ1n) is 4.83. The van der Waals surface area contributed by atoms with Gasteiger partial charge in [-0.1, -0.05) is 17.7 Å². The topological polar surface area (TPSA) is 48.2 Å². The van der Waals surface area contributed by atoms with Crippen LogP contribution in [0, 0.1) is 13.8 Å². The van der Waals surface area contributed by atoms with Gasteiger partial charge < -0.3 is 9.15 Å². The second-order valence-electron chi connectivity index (χ2n) is 3.41. The molecule has 2 aromatic rings. The molecule has 0 N–H and O–H groups in total. The number of aryl methyl sites for hydroxylation is 2. The zero-order valence-corrected chi connectivity index (χ0v) is 9.78. The van der Waals surface area contributed by atoms with E-state index in [0.717, 1.165) is 11.3 Å². The van der Waals surface area contributed by atoms with E-state index in [1.54, 1.807) is 13.0 Å². The monoisotopic (exact) mass is 238 g/mol. The van der Waals surface area contributed by atoms with Crippen molar-refractivity contribution in [3.63, 3.8) is 0 Å². The Bertz CT molecular complexity index is 496. The highest BCUT2D eigenvalue weighted by molar-refractivity contribution is 6.30. The maximum atomic E-state index is 5.87. The van der Waals surface area contributed by atoms with E-state index in [4.69, 9.17) is 20.8 Å². The molecule has 0 bridgehead atoms. The van der Waals surface area contributed by atoms with Crippen molar-refractivity contribution in [2.75, 3.05) is 0 Å². The summed E-state index contributed by atoms with van der Waals surface area (Å²) in [6.07, 6.45) is 0. The Balaban J connectivity index is 2.07. The molecule has 4 nitrogen and oxygen atoms in total. The molecular weight excluding hydrogens is 228 g/mol. The van der Waals surface area contributed by atoms with E-state index in [1.807, 2.05) is 19.1 Å². The number of rotatable bonds is 3. The molecule has 0 saturated heterocycles. The molecule has 0 aliphatic carbocycles. The number of halogens is 1. The number of benzene rings is 1. The van der Waals surface area contributed by atoms with Gasteiger partial charge >= 0.3 is 0 Å². The number of ether oxygens (including phenoxy) is 1. The van der Waals surface area contributed by atoms with Crippen LogP contribution in [0.4, 0.5) is 0 Å². The smallest absolute Gasteiger partial charge is 0.253 e. The van der Waals surface area contributed by atoms with E-state index >= 15 is 0 Å². The van der Waals surface area contributed by atoms with Gasteiger partial charge in [-0.25, -0.2) is 0 Å². The van der Waals surface area contributed by atoms with Crippen molar-refractivity contribution in [2.45, 2.75) is 20.5 Å². The van der Waals surface area contributed by atoms with Gasteiger partial charge in [-0.3, -0.25) is 0 Å². The molecule has 0 amide bonds. The van der Waals surface area contributed by atoms with Crippen LogP contribution in [0.3, 0.4) is 0 Å². The lowest BCUT2D eigenvalue weighted by atomic mass is 10.2. The SMILES string of the molecule is Cc1nnc(COc2cc(Cl)ccc2C)o1. The van der Waals surface area contributed by atoms with Gasteiger partial charge in [0, 0.05) is 11.9 Å². The van der Waals surface area contributed by atoms with E-state index in [1.165, 1.54) is 0 Å². The highest BCUT2D eigenvalue weighted by atomic mass is 35.5. The van der Waals surface area contributed by atoms with Crippen LogP contribution in [0.1, 0.15) is 17.3 Å². The molecule has 0 saturated carbocycles. The average molecular weight is 239 g/mol. The van der Waals surface area contributed by atoms with Gasteiger partial charge in [0.2, 0.25) is 5.89 Å². The van der Waals surface area contributed by atoms with Crippen LogP contribution >= 0.6 is 11.6 Å². The summed E-state index contributed by atoms with van der Waals surface area (Å²) in [5, 5.41) is 8.20. The van der Waals surface area contributed by atoms with E-state index in [9.17, 15) is 0 Å². The summed E-state index contributed by atoms with van der Waals surface area (Å²) >= 11 is 5.87.